The summed E-state index contributed by atoms with van der Waals surface area (Å²) in [6.45, 7) is 2.03. The fourth-order valence-electron chi connectivity index (χ4n) is 2.04. The number of ether oxygens (including phenoxy) is 1. The van der Waals surface area contributed by atoms with Gasteiger partial charge in [-0.05, 0) is 18.4 Å². The van der Waals surface area contributed by atoms with Crippen LogP contribution in [0.1, 0.15) is 31.7 Å². The maximum absolute atomic E-state index is 12.1. The maximum atomic E-state index is 12.1. The Kier molecular flexibility index (Phi) is 7.46. The standard InChI is InChI=1S/C16H24N2O3/c1-3-4-10-14(16(20)21-2)18-15(19)13(17)11-12-8-6-5-7-9-12/h5-9,13-14H,3-4,10-11,17H2,1-2H3,(H,18,19)/t13-,14-/m0/s1. The van der Waals surface area contributed by atoms with Gasteiger partial charge in [0, 0.05) is 0 Å². The Labute approximate surface area is 125 Å². The lowest BCUT2D eigenvalue weighted by molar-refractivity contribution is -0.145. The van der Waals surface area contributed by atoms with Gasteiger partial charge < -0.3 is 15.8 Å². The average molecular weight is 292 g/mol. The first-order valence-electron chi connectivity index (χ1n) is 7.26. The number of carbonyl (C=O) groups excluding carboxylic acids is 2. The van der Waals surface area contributed by atoms with Gasteiger partial charge in [0.25, 0.3) is 0 Å². The molecule has 0 radical (unpaired) electrons. The van der Waals surface area contributed by atoms with Gasteiger partial charge >= 0.3 is 5.97 Å². The van der Waals surface area contributed by atoms with Gasteiger partial charge in [-0.25, -0.2) is 4.79 Å². The molecule has 21 heavy (non-hydrogen) atoms. The summed E-state index contributed by atoms with van der Waals surface area (Å²) in [5.74, 6) is -0.755. The second-order valence-electron chi connectivity index (χ2n) is 5.02. The number of esters is 1. The Hall–Kier alpha value is -1.88. The summed E-state index contributed by atoms with van der Waals surface area (Å²) >= 11 is 0. The summed E-state index contributed by atoms with van der Waals surface area (Å²) in [6, 6.07) is 8.25. The van der Waals surface area contributed by atoms with Crippen LogP contribution in [0.3, 0.4) is 0 Å². The highest BCUT2D eigenvalue weighted by molar-refractivity contribution is 5.87. The Morgan fingerprint density at radius 3 is 2.52 bits per heavy atom. The second kappa shape index (κ2) is 9.13. The molecule has 5 nitrogen and oxygen atoms in total. The van der Waals surface area contributed by atoms with Gasteiger partial charge in [0.2, 0.25) is 5.91 Å². The number of amides is 1. The van der Waals surface area contributed by atoms with Crippen LogP contribution in [-0.4, -0.2) is 31.1 Å². The Morgan fingerprint density at radius 1 is 1.29 bits per heavy atom. The molecule has 0 fully saturated rings. The molecule has 2 atom stereocenters. The molecule has 0 aromatic heterocycles. The van der Waals surface area contributed by atoms with Crippen molar-refractivity contribution < 1.29 is 14.3 Å². The summed E-state index contributed by atoms with van der Waals surface area (Å²) < 4.78 is 4.71. The van der Waals surface area contributed by atoms with Crippen LogP contribution < -0.4 is 11.1 Å². The Morgan fingerprint density at radius 2 is 1.95 bits per heavy atom. The number of unbranched alkanes of at least 4 members (excludes halogenated alkanes) is 1. The highest BCUT2D eigenvalue weighted by atomic mass is 16.5. The lowest BCUT2D eigenvalue weighted by Gasteiger charge is -2.19. The molecule has 0 saturated heterocycles. The molecular weight excluding hydrogens is 268 g/mol. The van der Waals surface area contributed by atoms with Crippen molar-refractivity contribution in [3.8, 4) is 0 Å². The fraction of sp³-hybridized carbons (Fsp3) is 0.500. The largest absolute Gasteiger partial charge is 0.467 e. The van der Waals surface area contributed by atoms with Gasteiger partial charge in [-0.15, -0.1) is 0 Å². The zero-order valence-corrected chi connectivity index (χ0v) is 12.7. The van der Waals surface area contributed by atoms with E-state index in [-0.39, 0.29) is 5.91 Å². The second-order valence-corrected chi connectivity index (χ2v) is 5.02. The minimum atomic E-state index is -0.679. The van der Waals surface area contributed by atoms with E-state index >= 15 is 0 Å². The number of nitrogens with one attached hydrogen (secondary N) is 1. The van der Waals surface area contributed by atoms with Crippen LogP contribution >= 0.6 is 0 Å². The van der Waals surface area contributed by atoms with Crippen LogP contribution in [0.5, 0.6) is 0 Å². The summed E-state index contributed by atoms with van der Waals surface area (Å²) in [6.07, 6.45) is 2.79. The number of methoxy groups -OCH3 is 1. The smallest absolute Gasteiger partial charge is 0.328 e. The van der Waals surface area contributed by atoms with Gasteiger partial charge in [-0.3, -0.25) is 4.79 Å². The Balaban J connectivity index is 2.57. The number of carbonyl (C=O) groups is 2. The molecule has 1 aromatic rings. The fourth-order valence-corrected chi connectivity index (χ4v) is 2.04. The van der Waals surface area contributed by atoms with E-state index in [9.17, 15) is 9.59 Å². The highest BCUT2D eigenvalue weighted by Gasteiger charge is 2.23. The topological polar surface area (TPSA) is 81.4 Å². The van der Waals surface area contributed by atoms with Gasteiger partial charge in [-0.1, -0.05) is 50.1 Å². The third-order valence-corrected chi connectivity index (χ3v) is 3.28. The van der Waals surface area contributed by atoms with Crippen LogP contribution in [0.15, 0.2) is 30.3 Å². The van der Waals surface area contributed by atoms with Crippen LogP contribution in [0.2, 0.25) is 0 Å². The Bertz CT molecular complexity index is 448. The summed E-state index contributed by atoms with van der Waals surface area (Å²) in [5, 5.41) is 2.68. The monoisotopic (exact) mass is 292 g/mol. The minimum absolute atomic E-state index is 0.328. The highest BCUT2D eigenvalue weighted by Crippen LogP contribution is 2.05. The van der Waals surface area contributed by atoms with E-state index in [0.29, 0.717) is 12.8 Å². The van der Waals surface area contributed by atoms with Gasteiger partial charge in [0.05, 0.1) is 13.2 Å². The first kappa shape index (κ1) is 17.2. The SMILES string of the molecule is CCCC[C@H](NC(=O)[C@@H](N)Cc1ccccc1)C(=O)OC. The molecule has 1 aromatic carbocycles. The molecule has 3 N–H and O–H groups in total. The molecule has 0 aliphatic heterocycles. The van der Waals surface area contributed by atoms with E-state index in [4.69, 9.17) is 10.5 Å². The molecule has 1 rings (SSSR count). The van der Waals surface area contributed by atoms with Crippen molar-refractivity contribution >= 4 is 11.9 Å². The van der Waals surface area contributed by atoms with E-state index in [2.05, 4.69) is 5.32 Å². The van der Waals surface area contributed by atoms with Gasteiger partial charge in [0.1, 0.15) is 6.04 Å². The third-order valence-electron chi connectivity index (χ3n) is 3.28. The molecule has 0 saturated carbocycles. The number of benzene rings is 1. The number of hydrogen-bond acceptors (Lipinski definition) is 4. The molecule has 0 unspecified atom stereocenters. The van der Waals surface area contributed by atoms with Crippen molar-refractivity contribution in [2.24, 2.45) is 5.73 Å². The van der Waals surface area contributed by atoms with Crippen molar-refractivity contribution in [2.75, 3.05) is 7.11 Å². The van der Waals surface area contributed by atoms with Crippen molar-refractivity contribution in [2.45, 2.75) is 44.7 Å². The number of rotatable bonds is 8. The number of hydrogen-bond donors (Lipinski definition) is 2. The normalized spacial score (nSPS) is 13.3. The summed E-state index contributed by atoms with van der Waals surface area (Å²) in [4.78, 5) is 23.8. The quantitative estimate of drug-likeness (QED) is 0.710. The first-order valence-corrected chi connectivity index (χ1v) is 7.26. The first-order chi connectivity index (χ1) is 10.1. The predicted molar refractivity (Wildman–Crippen MR) is 81.6 cm³/mol. The minimum Gasteiger partial charge on any atom is -0.467 e. The third kappa shape index (κ3) is 5.95. The van der Waals surface area contributed by atoms with Gasteiger partial charge in [-0.2, -0.15) is 0 Å². The van der Waals surface area contributed by atoms with Crippen molar-refractivity contribution in [3.05, 3.63) is 35.9 Å². The van der Waals surface area contributed by atoms with E-state index in [1.54, 1.807) is 0 Å². The van der Waals surface area contributed by atoms with E-state index in [1.807, 2.05) is 37.3 Å². The van der Waals surface area contributed by atoms with Crippen molar-refractivity contribution in [3.63, 3.8) is 0 Å². The van der Waals surface area contributed by atoms with Crippen molar-refractivity contribution in [1.82, 2.24) is 5.32 Å². The zero-order chi connectivity index (χ0) is 15.7. The summed E-state index contributed by atoms with van der Waals surface area (Å²) in [7, 11) is 1.32. The molecule has 0 bridgehead atoms. The molecule has 0 aliphatic carbocycles. The lowest BCUT2D eigenvalue weighted by atomic mass is 10.0. The van der Waals surface area contributed by atoms with Crippen LogP contribution in [-0.2, 0) is 20.7 Å². The van der Waals surface area contributed by atoms with Crippen molar-refractivity contribution in [1.29, 1.82) is 0 Å². The molecule has 116 valence electrons. The molecule has 5 heteroatoms. The molecule has 1 amide bonds. The van der Waals surface area contributed by atoms with E-state index < -0.39 is 18.1 Å². The maximum Gasteiger partial charge on any atom is 0.328 e. The molecule has 0 heterocycles. The van der Waals surface area contributed by atoms with Crippen LogP contribution in [0, 0.1) is 0 Å². The lowest BCUT2D eigenvalue weighted by Crippen LogP contribution is -2.49. The van der Waals surface area contributed by atoms with E-state index in [1.165, 1.54) is 7.11 Å². The van der Waals surface area contributed by atoms with Crippen LogP contribution in [0.4, 0.5) is 0 Å². The average Bonchev–Trinajstić information content (AvgIpc) is 2.51. The number of nitrogens with two attached hydrogens (primary N) is 1. The van der Waals surface area contributed by atoms with Crippen LogP contribution in [0.25, 0.3) is 0 Å². The summed E-state index contributed by atoms with van der Waals surface area (Å²) in [5.41, 5.74) is 6.89. The van der Waals surface area contributed by atoms with Gasteiger partial charge in [0.15, 0.2) is 0 Å². The molecular formula is C16H24N2O3. The molecule has 0 aliphatic rings. The zero-order valence-electron chi connectivity index (χ0n) is 12.7. The predicted octanol–water partition coefficient (Wildman–Crippen LogP) is 1.40. The molecule has 0 spiro atoms. The van der Waals surface area contributed by atoms with E-state index in [0.717, 1.165) is 18.4 Å².